The molecule has 0 aliphatic carbocycles. The molecule has 9 heteroatoms. The number of carbonyl (C=O) groups excluding carboxylic acids is 2. The van der Waals surface area contributed by atoms with Crippen molar-refractivity contribution in [1.82, 2.24) is 20.6 Å². The van der Waals surface area contributed by atoms with E-state index in [1.165, 1.54) is 37.0 Å². The SMILES string of the molecule is CCCCCCCOc1ccc(-c2cnc(-c3ccc(C[C@H](NC(=O)c4ccc(C(C)(C)C)s4)C(=O)NCCOC)cc3)nc2)cc1. The van der Waals surface area contributed by atoms with Crippen molar-refractivity contribution in [2.24, 2.45) is 0 Å². The van der Waals surface area contributed by atoms with Gasteiger partial charge in [0, 0.05) is 48.5 Å². The first-order valence-corrected chi connectivity index (χ1v) is 17.3. The number of carbonyl (C=O) groups is 2. The van der Waals surface area contributed by atoms with E-state index < -0.39 is 6.04 Å². The molecule has 0 bridgehead atoms. The standard InChI is InChI=1S/C38H48N4O4S/c1-6-7-8-9-10-22-46-31-17-15-28(16-18-31)30-25-40-35(41-26-30)29-13-11-27(12-14-29)24-32(36(43)39-21-23-45-5)42-37(44)33-19-20-34(47-33)38(2,3)4/h11-20,25-26,32H,6-10,21-24H2,1-5H3,(H,39,43)(H,42,44)/t32-/m0/s1. The number of unbranched alkanes of at least 4 members (excludes halogenated alkanes) is 4. The number of ether oxygens (including phenoxy) is 2. The third-order valence-electron chi connectivity index (χ3n) is 7.80. The molecule has 0 saturated carbocycles. The molecule has 0 spiro atoms. The molecular weight excluding hydrogens is 609 g/mol. The van der Waals surface area contributed by atoms with Gasteiger partial charge in [0.15, 0.2) is 5.82 Å². The van der Waals surface area contributed by atoms with Crippen LogP contribution in [-0.2, 0) is 21.4 Å². The minimum atomic E-state index is -0.747. The van der Waals surface area contributed by atoms with Crippen molar-refractivity contribution >= 4 is 23.2 Å². The Balaban J connectivity index is 1.37. The Morgan fingerprint density at radius 3 is 2.15 bits per heavy atom. The van der Waals surface area contributed by atoms with Crippen LogP contribution < -0.4 is 15.4 Å². The molecule has 4 aromatic rings. The van der Waals surface area contributed by atoms with Crippen molar-refractivity contribution in [3.8, 4) is 28.3 Å². The lowest BCUT2D eigenvalue weighted by Crippen LogP contribution is -2.48. The van der Waals surface area contributed by atoms with Crippen LogP contribution in [0.1, 0.15) is 79.9 Å². The number of hydrogen-bond donors (Lipinski definition) is 2. The zero-order valence-electron chi connectivity index (χ0n) is 28.3. The molecule has 47 heavy (non-hydrogen) atoms. The van der Waals surface area contributed by atoms with Gasteiger partial charge in [-0.15, -0.1) is 11.3 Å². The summed E-state index contributed by atoms with van der Waals surface area (Å²) in [4.78, 5) is 37.2. The molecule has 2 amide bonds. The molecule has 2 aromatic heterocycles. The number of thiophene rings is 1. The summed E-state index contributed by atoms with van der Waals surface area (Å²) in [6.45, 7) is 10.0. The number of methoxy groups -OCH3 is 1. The van der Waals surface area contributed by atoms with E-state index in [2.05, 4.69) is 48.3 Å². The highest BCUT2D eigenvalue weighted by atomic mass is 32.1. The summed E-state index contributed by atoms with van der Waals surface area (Å²) in [5.74, 6) is 0.964. The van der Waals surface area contributed by atoms with Crippen LogP contribution in [0.4, 0.5) is 0 Å². The Morgan fingerprint density at radius 2 is 1.51 bits per heavy atom. The number of aromatic nitrogens is 2. The van der Waals surface area contributed by atoms with Gasteiger partial charge in [-0.25, -0.2) is 9.97 Å². The summed E-state index contributed by atoms with van der Waals surface area (Å²) in [5, 5.41) is 5.81. The monoisotopic (exact) mass is 656 g/mol. The Kier molecular flexibility index (Phi) is 13.5. The number of nitrogens with zero attached hydrogens (tertiary/aromatic N) is 2. The summed E-state index contributed by atoms with van der Waals surface area (Å²) in [7, 11) is 1.58. The van der Waals surface area contributed by atoms with Crippen LogP contribution in [0.25, 0.3) is 22.5 Å². The van der Waals surface area contributed by atoms with Crippen molar-refractivity contribution in [2.75, 3.05) is 26.9 Å². The molecular formula is C38H48N4O4S. The highest BCUT2D eigenvalue weighted by molar-refractivity contribution is 7.14. The smallest absolute Gasteiger partial charge is 0.262 e. The van der Waals surface area contributed by atoms with Gasteiger partial charge in [-0.2, -0.15) is 0 Å². The van der Waals surface area contributed by atoms with Gasteiger partial charge in [0.1, 0.15) is 11.8 Å². The van der Waals surface area contributed by atoms with Crippen LogP contribution in [-0.4, -0.2) is 54.7 Å². The fraction of sp³-hybridized carbons (Fsp3) is 0.421. The van der Waals surface area contributed by atoms with E-state index in [9.17, 15) is 9.59 Å². The second kappa shape index (κ2) is 17.7. The average Bonchev–Trinajstić information content (AvgIpc) is 3.59. The molecule has 1 atom stereocenters. The van der Waals surface area contributed by atoms with Crippen molar-refractivity contribution in [1.29, 1.82) is 0 Å². The molecule has 4 rings (SSSR count). The molecule has 2 N–H and O–H groups in total. The van der Waals surface area contributed by atoms with E-state index in [1.807, 2.05) is 73.1 Å². The number of nitrogens with one attached hydrogen (secondary N) is 2. The zero-order chi connectivity index (χ0) is 33.6. The lowest BCUT2D eigenvalue weighted by atomic mass is 9.95. The highest BCUT2D eigenvalue weighted by Crippen LogP contribution is 2.29. The van der Waals surface area contributed by atoms with E-state index in [4.69, 9.17) is 9.47 Å². The number of benzene rings is 2. The Labute approximate surface area is 283 Å². The van der Waals surface area contributed by atoms with Gasteiger partial charge in [-0.3, -0.25) is 9.59 Å². The second-order valence-electron chi connectivity index (χ2n) is 12.7. The Morgan fingerprint density at radius 1 is 0.830 bits per heavy atom. The molecule has 8 nitrogen and oxygen atoms in total. The number of hydrogen-bond acceptors (Lipinski definition) is 7. The second-order valence-corrected chi connectivity index (χ2v) is 13.8. The predicted octanol–water partition coefficient (Wildman–Crippen LogP) is 7.62. The third-order valence-corrected chi connectivity index (χ3v) is 9.31. The largest absolute Gasteiger partial charge is 0.494 e. The maximum Gasteiger partial charge on any atom is 0.262 e. The maximum absolute atomic E-state index is 13.2. The number of amides is 2. The average molecular weight is 657 g/mol. The van der Waals surface area contributed by atoms with Gasteiger partial charge in [0.2, 0.25) is 5.91 Å². The predicted molar refractivity (Wildman–Crippen MR) is 190 cm³/mol. The topological polar surface area (TPSA) is 102 Å². The molecule has 0 unspecified atom stereocenters. The van der Waals surface area contributed by atoms with Crippen molar-refractivity contribution < 1.29 is 19.1 Å². The van der Waals surface area contributed by atoms with Crippen LogP contribution in [0.15, 0.2) is 73.1 Å². The fourth-order valence-corrected chi connectivity index (χ4v) is 5.96. The minimum Gasteiger partial charge on any atom is -0.494 e. The van der Waals surface area contributed by atoms with Crippen LogP contribution in [0.3, 0.4) is 0 Å². The zero-order valence-corrected chi connectivity index (χ0v) is 29.1. The summed E-state index contributed by atoms with van der Waals surface area (Å²) >= 11 is 1.45. The van der Waals surface area contributed by atoms with Gasteiger partial charge >= 0.3 is 0 Å². The molecule has 0 radical (unpaired) electrons. The van der Waals surface area contributed by atoms with E-state index in [-0.39, 0.29) is 17.2 Å². The van der Waals surface area contributed by atoms with Gasteiger partial charge in [0.25, 0.3) is 5.91 Å². The highest BCUT2D eigenvalue weighted by Gasteiger charge is 2.24. The number of rotatable bonds is 17. The van der Waals surface area contributed by atoms with Crippen molar-refractivity contribution in [3.63, 3.8) is 0 Å². The molecule has 0 saturated heterocycles. The van der Waals surface area contributed by atoms with Crippen molar-refractivity contribution in [3.05, 3.63) is 88.4 Å². The van der Waals surface area contributed by atoms with Gasteiger partial charge < -0.3 is 20.1 Å². The maximum atomic E-state index is 13.2. The third kappa shape index (κ3) is 11.0. The quantitative estimate of drug-likeness (QED) is 0.113. The summed E-state index contributed by atoms with van der Waals surface area (Å²) in [6.07, 6.45) is 10.1. The van der Waals surface area contributed by atoms with E-state index in [0.29, 0.717) is 30.3 Å². The first-order chi connectivity index (χ1) is 22.7. The van der Waals surface area contributed by atoms with Crippen LogP contribution in [0.2, 0.25) is 0 Å². The first kappa shape index (κ1) is 35.8. The van der Waals surface area contributed by atoms with E-state index in [0.717, 1.165) is 45.9 Å². The van der Waals surface area contributed by atoms with Crippen LogP contribution >= 0.6 is 11.3 Å². The van der Waals surface area contributed by atoms with E-state index in [1.54, 1.807) is 7.11 Å². The lowest BCUT2D eigenvalue weighted by Gasteiger charge is -2.19. The molecule has 0 fully saturated rings. The fourth-order valence-electron chi connectivity index (χ4n) is 4.99. The van der Waals surface area contributed by atoms with Gasteiger partial charge in [-0.1, -0.05) is 89.8 Å². The molecule has 2 aromatic carbocycles. The van der Waals surface area contributed by atoms with Crippen molar-refractivity contribution in [2.45, 2.75) is 77.7 Å². The molecule has 250 valence electrons. The summed E-state index contributed by atoms with van der Waals surface area (Å²) in [6, 6.07) is 18.9. The van der Waals surface area contributed by atoms with E-state index >= 15 is 0 Å². The first-order valence-electron chi connectivity index (χ1n) is 16.5. The summed E-state index contributed by atoms with van der Waals surface area (Å²) in [5.41, 5.74) is 3.66. The normalized spacial score (nSPS) is 12.0. The van der Waals surface area contributed by atoms with Crippen LogP contribution in [0.5, 0.6) is 5.75 Å². The Hall–Kier alpha value is -4.08. The molecule has 0 aliphatic heterocycles. The lowest BCUT2D eigenvalue weighted by molar-refractivity contribution is -0.123. The summed E-state index contributed by atoms with van der Waals surface area (Å²) < 4.78 is 11.0. The Bertz CT molecular complexity index is 1540. The molecule has 2 heterocycles. The van der Waals surface area contributed by atoms with Crippen LogP contribution in [0, 0.1) is 0 Å². The minimum absolute atomic E-state index is 0.0559. The molecule has 0 aliphatic rings. The van der Waals surface area contributed by atoms with Gasteiger partial charge in [-0.05, 0) is 47.2 Å². The van der Waals surface area contributed by atoms with Gasteiger partial charge in [0.05, 0.1) is 18.1 Å².